The van der Waals surface area contributed by atoms with Gasteiger partial charge in [0.1, 0.15) is 5.69 Å². The molecule has 2 aromatic carbocycles. The second kappa shape index (κ2) is 8.91. The quantitative estimate of drug-likeness (QED) is 0.327. The molecular formula is C22H20N4O5S2. The molecule has 0 aromatic heterocycles. The van der Waals surface area contributed by atoms with Crippen LogP contribution in [0.2, 0.25) is 0 Å². The Morgan fingerprint density at radius 1 is 1.12 bits per heavy atom. The number of carbonyl (C=O) groups excluding carboxylic acids is 2. The van der Waals surface area contributed by atoms with Gasteiger partial charge in [-0.2, -0.15) is 5.10 Å². The van der Waals surface area contributed by atoms with Gasteiger partial charge in [0.05, 0.1) is 16.4 Å². The summed E-state index contributed by atoms with van der Waals surface area (Å²) in [5.74, 6) is -0.784. The lowest BCUT2D eigenvalue weighted by atomic mass is 10.2. The van der Waals surface area contributed by atoms with Crippen molar-refractivity contribution in [3.05, 3.63) is 75.3 Å². The fraction of sp³-hybridized carbons (Fsp3) is 0.227. The van der Waals surface area contributed by atoms with E-state index in [2.05, 4.69) is 5.10 Å². The highest BCUT2D eigenvalue weighted by molar-refractivity contribution is 8.29. The maximum Gasteiger partial charge on any atom is 0.365 e. The Kier molecular flexibility index (Phi) is 6.17. The molecule has 170 valence electrons. The van der Waals surface area contributed by atoms with Gasteiger partial charge in [0, 0.05) is 17.5 Å². The average Bonchev–Trinajstić information content (AvgIpc) is 3.32. The molecule has 4 rings (SSSR count). The van der Waals surface area contributed by atoms with Crippen LogP contribution in [0.15, 0.2) is 70.3 Å². The molecule has 0 bridgehead atoms. The third kappa shape index (κ3) is 3.87. The van der Waals surface area contributed by atoms with Crippen LogP contribution in [0.3, 0.4) is 0 Å². The average molecular weight is 485 g/mol. The summed E-state index contributed by atoms with van der Waals surface area (Å²) < 4.78 is 3.95. The zero-order chi connectivity index (χ0) is 23.8. The monoisotopic (exact) mass is 484 g/mol. The number of nitro groups is 1. The summed E-state index contributed by atoms with van der Waals surface area (Å²) >= 11 is 2.30. The van der Waals surface area contributed by atoms with Crippen molar-refractivity contribution in [3.8, 4) is 0 Å². The van der Waals surface area contributed by atoms with Gasteiger partial charge in [-0.1, -0.05) is 42.1 Å². The first-order chi connectivity index (χ1) is 15.8. The van der Waals surface area contributed by atoms with Crippen LogP contribution in [-0.2, 0) is 14.3 Å². The predicted molar refractivity (Wildman–Crippen MR) is 130 cm³/mol. The van der Waals surface area contributed by atoms with E-state index in [0.29, 0.717) is 10.6 Å². The smallest absolute Gasteiger partial charge is 0.365 e. The highest BCUT2D eigenvalue weighted by atomic mass is 32.2. The summed E-state index contributed by atoms with van der Waals surface area (Å²) in [6, 6.07) is 15.5. The van der Waals surface area contributed by atoms with Crippen molar-refractivity contribution in [2.24, 2.45) is 5.10 Å². The van der Waals surface area contributed by atoms with Crippen molar-refractivity contribution in [1.82, 2.24) is 0 Å². The fourth-order valence-electron chi connectivity index (χ4n) is 3.65. The van der Waals surface area contributed by atoms with Crippen molar-refractivity contribution in [2.45, 2.75) is 25.1 Å². The van der Waals surface area contributed by atoms with E-state index in [-0.39, 0.29) is 28.8 Å². The molecule has 33 heavy (non-hydrogen) atoms. The van der Waals surface area contributed by atoms with E-state index in [9.17, 15) is 19.7 Å². The van der Waals surface area contributed by atoms with Crippen LogP contribution in [0.5, 0.6) is 0 Å². The Bertz CT molecular complexity index is 1200. The molecule has 11 heteroatoms. The topological polar surface area (TPSA) is 105 Å². The van der Waals surface area contributed by atoms with Crippen molar-refractivity contribution >= 4 is 57.4 Å². The van der Waals surface area contributed by atoms with Crippen LogP contribution in [0.25, 0.3) is 0 Å². The van der Waals surface area contributed by atoms with Crippen LogP contribution in [0.4, 0.5) is 17.1 Å². The van der Waals surface area contributed by atoms with Gasteiger partial charge in [0.25, 0.3) is 5.69 Å². The number of para-hydroxylation sites is 3. The molecular weight excluding hydrogens is 464 g/mol. The normalized spacial score (nSPS) is 19.8. The van der Waals surface area contributed by atoms with Gasteiger partial charge < -0.3 is 9.64 Å². The van der Waals surface area contributed by atoms with Gasteiger partial charge in [-0.25, -0.2) is 9.80 Å². The summed E-state index contributed by atoms with van der Waals surface area (Å²) in [7, 11) is 0. The Hall–Kier alpha value is -3.31. The molecule has 0 fully saturated rings. The zero-order valence-electron chi connectivity index (χ0n) is 18.0. The highest BCUT2D eigenvalue weighted by Crippen LogP contribution is 2.60. The molecule has 2 aliphatic rings. The van der Waals surface area contributed by atoms with Crippen molar-refractivity contribution in [3.63, 3.8) is 0 Å². The fourth-order valence-corrected chi connectivity index (χ4v) is 6.59. The molecule has 0 aliphatic carbocycles. The summed E-state index contributed by atoms with van der Waals surface area (Å²) in [6.45, 7) is 5.12. The van der Waals surface area contributed by atoms with E-state index < -0.39 is 15.2 Å². The molecule has 2 aliphatic heterocycles. The molecule has 1 spiro atoms. The molecule has 1 atom stereocenters. The number of anilines is 2. The molecule has 2 aromatic rings. The Morgan fingerprint density at radius 3 is 2.42 bits per heavy atom. The number of carbonyl (C=O) groups is 2. The lowest BCUT2D eigenvalue weighted by Crippen LogP contribution is -2.49. The number of thioether (sulfide) groups is 2. The first-order valence-electron chi connectivity index (χ1n) is 10.0. The number of esters is 1. The van der Waals surface area contributed by atoms with E-state index >= 15 is 0 Å². The van der Waals surface area contributed by atoms with E-state index in [0.717, 1.165) is 17.4 Å². The number of Topliss-reactive ketones (excluding diaryl/α,β-unsaturated/α-hetero) is 1. The number of hydrogen-bond acceptors (Lipinski definition) is 10. The van der Waals surface area contributed by atoms with Gasteiger partial charge in [-0.15, -0.1) is 0 Å². The van der Waals surface area contributed by atoms with Crippen LogP contribution in [0.1, 0.15) is 20.8 Å². The van der Waals surface area contributed by atoms with Crippen LogP contribution in [-0.4, -0.2) is 32.7 Å². The zero-order valence-corrected chi connectivity index (χ0v) is 19.7. The molecule has 0 radical (unpaired) electrons. The summed E-state index contributed by atoms with van der Waals surface area (Å²) in [5, 5.41) is 17.8. The number of nitro benzene ring substituents is 1. The van der Waals surface area contributed by atoms with Crippen molar-refractivity contribution < 1.29 is 19.2 Å². The summed E-state index contributed by atoms with van der Waals surface area (Å²) in [4.78, 5) is 38.9. The van der Waals surface area contributed by atoms with Crippen LogP contribution in [0, 0.1) is 10.1 Å². The SMILES string of the molecule is CCOC(=O)C1=NN(c2ccccc2[N+](=O)[O-])[C@@]2(S1)SC(C(C)=O)=C(C)N2c1ccccc1. The molecule has 2 heterocycles. The lowest BCUT2D eigenvalue weighted by molar-refractivity contribution is -0.384. The number of hydrogen-bond donors (Lipinski definition) is 0. The van der Waals surface area contributed by atoms with Gasteiger partial charge in [-0.3, -0.25) is 14.9 Å². The van der Waals surface area contributed by atoms with Crippen LogP contribution >= 0.6 is 23.5 Å². The highest BCUT2D eigenvalue weighted by Gasteiger charge is 2.58. The molecule has 0 amide bonds. The molecule has 0 saturated heterocycles. The number of hydrazone groups is 1. The van der Waals surface area contributed by atoms with Gasteiger partial charge in [0.15, 0.2) is 5.78 Å². The Morgan fingerprint density at radius 2 is 1.79 bits per heavy atom. The third-order valence-electron chi connectivity index (χ3n) is 4.96. The summed E-state index contributed by atoms with van der Waals surface area (Å²) in [5.41, 5.74) is 1.43. The van der Waals surface area contributed by atoms with E-state index in [4.69, 9.17) is 4.74 Å². The van der Waals surface area contributed by atoms with Gasteiger partial charge in [0.2, 0.25) is 9.37 Å². The third-order valence-corrected chi connectivity index (χ3v) is 7.93. The predicted octanol–water partition coefficient (Wildman–Crippen LogP) is 4.71. The molecule has 0 N–H and O–H groups in total. The van der Waals surface area contributed by atoms with E-state index in [1.807, 2.05) is 42.2 Å². The summed E-state index contributed by atoms with van der Waals surface area (Å²) in [6.07, 6.45) is 0. The number of benzene rings is 2. The van der Waals surface area contributed by atoms with Crippen molar-refractivity contribution in [2.75, 3.05) is 16.5 Å². The maximum atomic E-state index is 12.7. The minimum atomic E-state index is -1.22. The first kappa shape index (κ1) is 22.9. The minimum absolute atomic E-state index is 0.0426. The van der Waals surface area contributed by atoms with E-state index in [1.165, 1.54) is 29.8 Å². The number of nitrogens with zero attached hydrogens (tertiary/aromatic N) is 4. The Balaban J connectivity index is 1.95. The number of ketones is 1. The number of rotatable bonds is 6. The second-order valence-electron chi connectivity index (χ2n) is 7.08. The Labute approximate surface area is 198 Å². The maximum absolute atomic E-state index is 12.7. The largest absolute Gasteiger partial charge is 0.461 e. The lowest BCUT2D eigenvalue weighted by Gasteiger charge is -2.41. The first-order valence-corrected chi connectivity index (χ1v) is 11.7. The standard InChI is InChI=1S/C22H20N4O5S2/c1-4-31-21(28)20-23-25(17-12-8-9-13-18(17)26(29)30)22(33-20)24(16-10-6-5-7-11-16)14(2)19(32-22)15(3)27/h5-13H,4H2,1-3H3/t22-/m1/s1. The van der Waals surface area contributed by atoms with Crippen LogP contribution < -0.4 is 9.91 Å². The molecule has 0 unspecified atom stereocenters. The minimum Gasteiger partial charge on any atom is -0.461 e. The number of allylic oxidation sites excluding steroid dienone is 2. The van der Waals surface area contributed by atoms with E-state index in [1.54, 1.807) is 25.1 Å². The van der Waals surface area contributed by atoms with Crippen molar-refractivity contribution in [1.29, 1.82) is 0 Å². The van der Waals surface area contributed by atoms with Gasteiger partial charge >= 0.3 is 5.97 Å². The molecule has 0 saturated carbocycles. The van der Waals surface area contributed by atoms with Gasteiger partial charge in [-0.05, 0) is 50.7 Å². The number of ether oxygens (including phenoxy) is 1. The second-order valence-corrected chi connectivity index (χ2v) is 9.68. The molecule has 9 nitrogen and oxygen atoms in total.